The van der Waals surface area contributed by atoms with Crippen LogP contribution in [0, 0.1) is 0 Å². The van der Waals surface area contributed by atoms with Crippen LogP contribution in [0.4, 0.5) is 0 Å². The average Bonchev–Trinajstić information content (AvgIpc) is 2.41. The van der Waals surface area contributed by atoms with Crippen LogP contribution in [0.25, 0.3) is 0 Å². The minimum atomic E-state index is 0.348. The van der Waals surface area contributed by atoms with Crippen LogP contribution >= 0.6 is 23.2 Å². The van der Waals surface area contributed by atoms with E-state index >= 15 is 0 Å². The van der Waals surface area contributed by atoms with E-state index in [1.54, 1.807) is 0 Å². The first-order chi connectivity index (χ1) is 9.10. The molecule has 0 aliphatic carbocycles. The molecule has 2 rings (SSSR count). The highest BCUT2D eigenvalue weighted by Crippen LogP contribution is 2.19. The third-order valence-electron chi connectivity index (χ3n) is 2.91. The normalized spacial score (nSPS) is 11.0. The van der Waals surface area contributed by atoms with Gasteiger partial charge in [-0.25, -0.2) is 9.97 Å². The van der Waals surface area contributed by atoms with Crippen LogP contribution in [0.5, 0.6) is 0 Å². The van der Waals surface area contributed by atoms with Crippen LogP contribution in [0.1, 0.15) is 42.4 Å². The second kappa shape index (κ2) is 6.36. The number of benzene rings is 1. The highest BCUT2D eigenvalue weighted by molar-refractivity contribution is 6.30. The van der Waals surface area contributed by atoms with Crippen LogP contribution in [0.2, 0.25) is 5.02 Å². The summed E-state index contributed by atoms with van der Waals surface area (Å²) in [5.41, 5.74) is 3.20. The van der Waals surface area contributed by atoms with Crippen LogP contribution in [-0.4, -0.2) is 9.97 Å². The number of rotatable bonds is 4. The zero-order chi connectivity index (χ0) is 13.8. The quantitative estimate of drug-likeness (QED) is 0.771. The highest BCUT2D eigenvalue weighted by atomic mass is 35.5. The summed E-state index contributed by atoms with van der Waals surface area (Å²) >= 11 is 11.8. The third kappa shape index (κ3) is 3.68. The van der Waals surface area contributed by atoms with Crippen molar-refractivity contribution in [2.45, 2.75) is 32.1 Å². The topological polar surface area (TPSA) is 25.8 Å². The standard InChI is InChI=1S/C15H16Cl2N2/c1-10(2)15-12(8-16)9-18-14(19-15)7-11-3-5-13(17)6-4-11/h3-6,9-10H,7-8H2,1-2H3. The van der Waals surface area contributed by atoms with E-state index in [1.807, 2.05) is 30.5 Å². The van der Waals surface area contributed by atoms with Crippen molar-refractivity contribution in [3.63, 3.8) is 0 Å². The molecule has 0 unspecified atom stereocenters. The van der Waals surface area contributed by atoms with Gasteiger partial charge in [0.2, 0.25) is 0 Å². The van der Waals surface area contributed by atoms with Gasteiger partial charge >= 0.3 is 0 Å². The van der Waals surface area contributed by atoms with Gasteiger partial charge in [-0.3, -0.25) is 0 Å². The Kier molecular flexibility index (Phi) is 4.78. The molecule has 0 atom stereocenters. The van der Waals surface area contributed by atoms with Crippen LogP contribution in [0.3, 0.4) is 0 Å². The largest absolute Gasteiger partial charge is 0.241 e. The van der Waals surface area contributed by atoms with Crippen molar-refractivity contribution in [3.8, 4) is 0 Å². The Hall–Kier alpha value is -1.12. The van der Waals surface area contributed by atoms with E-state index < -0.39 is 0 Å². The van der Waals surface area contributed by atoms with Crippen molar-refractivity contribution in [2.24, 2.45) is 0 Å². The van der Waals surface area contributed by atoms with Gasteiger partial charge < -0.3 is 0 Å². The molecule has 0 saturated carbocycles. The molecular weight excluding hydrogens is 279 g/mol. The zero-order valence-electron chi connectivity index (χ0n) is 11.0. The Bertz CT molecular complexity index is 551. The fourth-order valence-electron chi connectivity index (χ4n) is 1.93. The van der Waals surface area contributed by atoms with Gasteiger partial charge in [-0.1, -0.05) is 37.6 Å². The van der Waals surface area contributed by atoms with Crippen LogP contribution in [0.15, 0.2) is 30.5 Å². The van der Waals surface area contributed by atoms with Gasteiger partial charge in [0.1, 0.15) is 5.82 Å². The molecule has 2 nitrogen and oxygen atoms in total. The molecular formula is C15H16Cl2N2. The molecule has 0 bridgehead atoms. The lowest BCUT2D eigenvalue weighted by atomic mass is 10.1. The van der Waals surface area contributed by atoms with Crippen molar-refractivity contribution in [1.82, 2.24) is 9.97 Å². The first-order valence-corrected chi connectivity index (χ1v) is 7.16. The summed E-state index contributed by atoms with van der Waals surface area (Å²) in [6, 6.07) is 7.76. The molecule has 0 fully saturated rings. The maximum absolute atomic E-state index is 5.91. The van der Waals surface area contributed by atoms with Crippen molar-refractivity contribution < 1.29 is 0 Å². The summed E-state index contributed by atoms with van der Waals surface area (Å²) in [4.78, 5) is 9.01. The maximum Gasteiger partial charge on any atom is 0.132 e. The molecule has 0 aliphatic heterocycles. The molecule has 1 aromatic carbocycles. The first kappa shape index (κ1) is 14.3. The number of hydrogen-bond acceptors (Lipinski definition) is 2. The fourth-order valence-corrected chi connectivity index (χ4v) is 2.26. The predicted molar refractivity (Wildman–Crippen MR) is 79.9 cm³/mol. The van der Waals surface area contributed by atoms with E-state index in [4.69, 9.17) is 23.2 Å². The minimum absolute atomic E-state index is 0.348. The van der Waals surface area contributed by atoms with E-state index in [0.717, 1.165) is 27.7 Å². The Balaban J connectivity index is 2.25. The molecule has 100 valence electrons. The zero-order valence-corrected chi connectivity index (χ0v) is 12.5. The van der Waals surface area contributed by atoms with E-state index in [9.17, 15) is 0 Å². The van der Waals surface area contributed by atoms with Gasteiger partial charge in [0.05, 0.1) is 11.6 Å². The van der Waals surface area contributed by atoms with Gasteiger partial charge in [-0.15, -0.1) is 11.6 Å². The number of hydrogen-bond donors (Lipinski definition) is 0. The van der Waals surface area contributed by atoms with E-state index in [2.05, 4.69) is 23.8 Å². The van der Waals surface area contributed by atoms with Crippen molar-refractivity contribution in [2.75, 3.05) is 0 Å². The molecule has 1 aromatic heterocycles. The molecule has 1 heterocycles. The summed E-state index contributed by atoms with van der Waals surface area (Å²) < 4.78 is 0. The maximum atomic E-state index is 5.91. The Morgan fingerprint density at radius 3 is 2.42 bits per heavy atom. The molecule has 19 heavy (non-hydrogen) atoms. The molecule has 0 spiro atoms. The van der Waals surface area contributed by atoms with E-state index in [-0.39, 0.29) is 0 Å². The Morgan fingerprint density at radius 2 is 1.84 bits per heavy atom. The SMILES string of the molecule is CC(C)c1nc(Cc2ccc(Cl)cc2)ncc1CCl. The monoisotopic (exact) mass is 294 g/mol. The predicted octanol–water partition coefficient (Wildman–Crippen LogP) is 4.58. The van der Waals surface area contributed by atoms with Crippen molar-refractivity contribution >= 4 is 23.2 Å². The lowest BCUT2D eigenvalue weighted by Gasteiger charge is -2.11. The third-order valence-corrected chi connectivity index (χ3v) is 3.45. The number of halogens is 2. The minimum Gasteiger partial charge on any atom is -0.241 e. The summed E-state index contributed by atoms with van der Waals surface area (Å²) in [6.45, 7) is 4.23. The fraction of sp³-hybridized carbons (Fsp3) is 0.333. The molecule has 4 heteroatoms. The van der Waals surface area contributed by atoms with Gasteiger partial charge in [0, 0.05) is 23.2 Å². The van der Waals surface area contributed by atoms with E-state index in [0.29, 0.717) is 18.2 Å². The van der Waals surface area contributed by atoms with Crippen molar-refractivity contribution in [3.05, 3.63) is 58.1 Å². The van der Waals surface area contributed by atoms with Crippen LogP contribution in [-0.2, 0) is 12.3 Å². The summed E-state index contributed by atoms with van der Waals surface area (Å²) in [5.74, 6) is 1.62. The molecule has 0 amide bonds. The smallest absolute Gasteiger partial charge is 0.132 e. The number of alkyl halides is 1. The summed E-state index contributed by atoms with van der Waals surface area (Å²) in [7, 11) is 0. The number of aromatic nitrogens is 2. The highest BCUT2D eigenvalue weighted by Gasteiger charge is 2.10. The summed E-state index contributed by atoms with van der Waals surface area (Å²) in [5, 5.41) is 0.741. The molecule has 0 N–H and O–H groups in total. The van der Waals surface area contributed by atoms with Gasteiger partial charge in [-0.2, -0.15) is 0 Å². The number of nitrogens with zero attached hydrogens (tertiary/aromatic N) is 2. The lowest BCUT2D eigenvalue weighted by molar-refractivity contribution is 0.776. The Morgan fingerprint density at radius 1 is 1.16 bits per heavy atom. The molecule has 0 radical (unpaired) electrons. The summed E-state index contributed by atoms with van der Waals surface area (Å²) in [6.07, 6.45) is 2.54. The Labute approximate surface area is 123 Å². The molecule has 0 saturated heterocycles. The average molecular weight is 295 g/mol. The molecule has 0 aliphatic rings. The van der Waals surface area contributed by atoms with Crippen LogP contribution < -0.4 is 0 Å². The lowest BCUT2D eigenvalue weighted by Crippen LogP contribution is -2.05. The van der Waals surface area contributed by atoms with E-state index in [1.165, 1.54) is 0 Å². The van der Waals surface area contributed by atoms with Crippen molar-refractivity contribution in [1.29, 1.82) is 0 Å². The molecule has 2 aromatic rings. The van der Waals surface area contributed by atoms with Gasteiger partial charge in [0.15, 0.2) is 0 Å². The van der Waals surface area contributed by atoms with Gasteiger partial charge in [0.25, 0.3) is 0 Å². The second-order valence-electron chi connectivity index (χ2n) is 4.79. The first-order valence-electron chi connectivity index (χ1n) is 6.25. The van der Waals surface area contributed by atoms with Gasteiger partial charge in [-0.05, 0) is 23.6 Å². The second-order valence-corrected chi connectivity index (χ2v) is 5.49.